The SMILES string of the molecule is OC[C@H]1O[C@H](OC[C@H]2O[C@@H](OC[C@H]3O[C@@H](O)[C@H](O)[C@@H](O)[C@@H]3O)[C@H](O)[C@@H](O)[C@@H]2O)[C@H](O)[C@@H](O)[C@@H]1O. The Morgan fingerprint density at radius 2 is 0.824 bits per heavy atom. The summed E-state index contributed by atoms with van der Waals surface area (Å²) >= 11 is 0. The van der Waals surface area contributed by atoms with Gasteiger partial charge in [0.1, 0.15) is 73.2 Å². The normalized spacial score (nSPS) is 52.5. The topological polar surface area (TPSA) is 269 Å². The fourth-order valence-corrected chi connectivity index (χ4v) is 3.84. The van der Waals surface area contributed by atoms with Gasteiger partial charge in [0.05, 0.1) is 19.8 Å². The highest BCUT2D eigenvalue weighted by atomic mass is 16.7. The highest BCUT2D eigenvalue weighted by Gasteiger charge is 2.48. The van der Waals surface area contributed by atoms with E-state index in [-0.39, 0.29) is 0 Å². The molecule has 0 aliphatic carbocycles. The summed E-state index contributed by atoms with van der Waals surface area (Å²) in [6.07, 6.45) is -24.4. The Kier molecular flexibility index (Phi) is 9.54. The average Bonchev–Trinajstić information content (AvgIpc) is 2.82. The highest BCUT2D eigenvalue weighted by molar-refractivity contribution is 4.92. The largest absolute Gasteiger partial charge is 0.394 e. The van der Waals surface area contributed by atoms with E-state index in [1.54, 1.807) is 0 Å². The predicted molar refractivity (Wildman–Crippen MR) is 101 cm³/mol. The van der Waals surface area contributed by atoms with Crippen LogP contribution in [0.1, 0.15) is 0 Å². The number of rotatable bonds is 7. The van der Waals surface area contributed by atoms with E-state index < -0.39 is 112 Å². The minimum absolute atomic E-state index is 0.570. The first-order valence-electron chi connectivity index (χ1n) is 10.6. The molecule has 0 unspecified atom stereocenters. The predicted octanol–water partition coefficient (Wildman–Crippen LogP) is -7.57. The van der Waals surface area contributed by atoms with Gasteiger partial charge in [-0.25, -0.2) is 0 Å². The van der Waals surface area contributed by atoms with E-state index in [0.717, 1.165) is 0 Å². The summed E-state index contributed by atoms with van der Waals surface area (Å²) in [4.78, 5) is 0. The lowest BCUT2D eigenvalue weighted by atomic mass is 9.98. The molecule has 11 N–H and O–H groups in total. The molecule has 0 saturated carbocycles. The summed E-state index contributed by atoms with van der Waals surface area (Å²) in [5.41, 5.74) is 0. The molecular weight excluding hydrogens is 472 g/mol. The van der Waals surface area contributed by atoms with Crippen molar-refractivity contribution in [2.45, 2.75) is 92.1 Å². The molecule has 3 fully saturated rings. The molecule has 3 saturated heterocycles. The first-order chi connectivity index (χ1) is 16.0. The zero-order valence-corrected chi connectivity index (χ0v) is 17.7. The molecule has 3 aliphatic rings. The first-order valence-corrected chi connectivity index (χ1v) is 10.6. The van der Waals surface area contributed by atoms with Crippen molar-refractivity contribution in [1.29, 1.82) is 0 Å². The highest BCUT2D eigenvalue weighted by Crippen LogP contribution is 2.27. The molecule has 34 heavy (non-hydrogen) atoms. The van der Waals surface area contributed by atoms with Crippen LogP contribution >= 0.6 is 0 Å². The van der Waals surface area contributed by atoms with Crippen LogP contribution in [-0.2, 0) is 23.7 Å². The van der Waals surface area contributed by atoms with Crippen molar-refractivity contribution in [2.75, 3.05) is 19.8 Å². The third-order valence-electron chi connectivity index (χ3n) is 6.05. The summed E-state index contributed by atoms with van der Waals surface area (Å²) in [5.74, 6) is 0. The molecule has 16 heteroatoms. The molecule has 0 aromatic carbocycles. The lowest BCUT2D eigenvalue weighted by Crippen LogP contribution is -2.62. The van der Waals surface area contributed by atoms with E-state index in [2.05, 4.69) is 0 Å². The first kappa shape index (κ1) is 27.9. The van der Waals surface area contributed by atoms with Crippen molar-refractivity contribution in [2.24, 2.45) is 0 Å². The molecule has 0 radical (unpaired) electrons. The molecule has 15 atom stereocenters. The van der Waals surface area contributed by atoms with Crippen molar-refractivity contribution in [3.8, 4) is 0 Å². The van der Waals surface area contributed by atoms with E-state index >= 15 is 0 Å². The Bertz CT molecular complexity index is 639. The molecule has 0 aromatic rings. The van der Waals surface area contributed by atoms with E-state index in [4.69, 9.17) is 23.7 Å². The molecule has 0 aromatic heterocycles. The van der Waals surface area contributed by atoms with Crippen LogP contribution in [0.4, 0.5) is 0 Å². The van der Waals surface area contributed by atoms with Crippen molar-refractivity contribution >= 4 is 0 Å². The van der Waals surface area contributed by atoms with Gasteiger partial charge >= 0.3 is 0 Å². The number of aliphatic hydroxyl groups is 11. The van der Waals surface area contributed by atoms with Crippen LogP contribution in [0.15, 0.2) is 0 Å². The van der Waals surface area contributed by atoms with Gasteiger partial charge in [0, 0.05) is 0 Å². The van der Waals surface area contributed by atoms with Gasteiger partial charge in [-0.3, -0.25) is 0 Å². The van der Waals surface area contributed by atoms with Gasteiger partial charge in [-0.05, 0) is 0 Å². The summed E-state index contributed by atoms with van der Waals surface area (Å²) in [6.45, 7) is -1.84. The molecule has 0 amide bonds. The Hall–Kier alpha value is -0.640. The Morgan fingerprint density at radius 1 is 0.441 bits per heavy atom. The smallest absolute Gasteiger partial charge is 0.186 e. The van der Waals surface area contributed by atoms with Crippen molar-refractivity contribution in [3.63, 3.8) is 0 Å². The van der Waals surface area contributed by atoms with Crippen LogP contribution in [0.5, 0.6) is 0 Å². The number of ether oxygens (including phenoxy) is 5. The number of aliphatic hydroxyl groups excluding tert-OH is 11. The standard InChI is InChI=1S/C18H32O16/c19-1-4-7(20)11(24)14(27)17(33-4)31-3-6-9(22)12(25)15(28)18(34-6)30-2-5-8(21)10(23)13(26)16(29)32-5/h4-29H,1-3H2/t4-,5-,6-,7-,8-,9-,10+,11+,12+,13-,14-,15-,16-,17+,18-/m1/s1. The molecule has 0 bridgehead atoms. The minimum atomic E-state index is -1.82. The van der Waals surface area contributed by atoms with E-state index in [1.807, 2.05) is 0 Å². The van der Waals surface area contributed by atoms with Gasteiger partial charge in [-0.2, -0.15) is 0 Å². The van der Waals surface area contributed by atoms with Crippen molar-refractivity contribution in [3.05, 3.63) is 0 Å². The summed E-state index contributed by atoms with van der Waals surface area (Å²) < 4.78 is 26.1. The second kappa shape index (κ2) is 11.6. The molecule has 3 rings (SSSR count). The molecule has 0 spiro atoms. The number of hydrogen-bond acceptors (Lipinski definition) is 16. The van der Waals surface area contributed by atoms with Crippen molar-refractivity contribution < 1.29 is 79.9 Å². The van der Waals surface area contributed by atoms with Crippen LogP contribution < -0.4 is 0 Å². The lowest BCUT2D eigenvalue weighted by Gasteiger charge is -2.43. The summed E-state index contributed by atoms with van der Waals surface area (Å²) in [6, 6.07) is 0. The maximum atomic E-state index is 10.2. The van der Waals surface area contributed by atoms with E-state index in [1.165, 1.54) is 0 Å². The second-order valence-electron chi connectivity index (χ2n) is 8.42. The monoisotopic (exact) mass is 504 g/mol. The van der Waals surface area contributed by atoms with Crippen LogP contribution in [0, 0.1) is 0 Å². The van der Waals surface area contributed by atoms with Gasteiger partial charge in [0.15, 0.2) is 18.9 Å². The molecule has 16 nitrogen and oxygen atoms in total. The third kappa shape index (κ3) is 5.68. The van der Waals surface area contributed by atoms with Crippen LogP contribution in [-0.4, -0.2) is 168 Å². The maximum absolute atomic E-state index is 10.2. The molecule has 200 valence electrons. The molecule has 3 heterocycles. The van der Waals surface area contributed by atoms with Gasteiger partial charge in [-0.1, -0.05) is 0 Å². The van der Waals surface area contributed by atoms with Gasteiger partial charge in [0.2, 0.25) is 0 Å². The fraction of sp³-hybridized carbons (Fsp3) is 1.00. The zero-order valence-electron chi connectivity index (χ0n) is 17.7. The van der Waals surface area contributed by atoms with Gasteiger partial charge in [0.25, 0.3) is 0 Å². The summed E-state index contributed by atoms with van der Waals surface area (Å²) in [5, 5.41) is 108. The Balaban J connectivity index is 1.58. The lowest BCUT2D eigenvalue weighted by molar-refractivity contribution is -0.340. The zero-order chi connectivity index (χ0) is 25.3. The van der Waals surface area contributed by atoms with Gasteiger partial charge < -0.3 is 79.9 Å². The van der Waals surface area contributed by atoms with E-state index in [0.29, 0.717) is 0 Å². The van der Waals surface area contributed by atoms with E-state index in [9.17, 15) is 56.2 Å². The second-order valence-corrected chi connectivity index (χ2v) is 8.42. The molecule has 3 aliphatic heterocycles. The molecular formula is C18H32O16. The fourth-order valence-electron chi connectivity index (χ4n) is 3.84. The third-order valence-corrected chi connectivity index (χ3v) is 6.05. The summed E-state index contributed by atoms with van der Waals surface area (Å²) in [7, 11) is 0. The van der Waals surface area contributed by atoms with Crippen molar-refractivity contribution in [1.82, 2.24) is 0 Å². The average molecular weight is 504 g/mol. The van der Waals surface area contributed by atoms with Crippen LogP contribution in [0.25, 0.3) is 0 Å². The number of hydrogen-bond donors (Lipinski definition) is 11. The van der Waals surface area contributed by atoms with Crippen LogP contribution in [0.3, 0.4) is 0 Å². The van der Waals surface area contributed by atoms with Crippen LogP contribution in [0.2, 0.25) is 0 Å². The van der Waals surface area contributed by atoms with Gasteiger partial charge in [-0.15, -0.1) is 0 Å². The Morgan fingerprint density at radius 3 is 1.29 bits per heavy atom. The maximum Gasteiger partial charge on any atom is 0.186 e. The quantitative estimate of drug-likeness (QED) is 0.154. The Labute approximate surface area is 192 Å². The minimum Gasteiger partial charge on any atom is -0.394 e.